The molecule has 0 aliphatic carbocycles. The number of methoxy groups -OCH3 is 1. The van der Waals surface area contributed by atoms with E-state index in [4.69, 9.17) is 19.2 Å². The molecule has 2 aliphatic heterocycles. The molecule has 0 bridgehead atoms. The van der Waals surface area contributed by atoms with Crippen LogP contribution in [0.1, 0.15) is 18.5 Å². The molecular weight excluding hydrogens is 509 g/mol. The van der Waals surface area contributed by atoms with Crippen molar-refractivity contribution in [3.05, 3.63) is 29.8 Å². The van der Waals surface area contributed by atoms with Gasteiger partial charge in [0.05, 0.1) is 45.6 Å². The van der Waals surface area contributed by atoms with E-state index in [9.17, 15) is 0 Å². The fourth-order valence-corrected chi connectivity index (χ4v) is 3.87. The number of morpholine rings is 2. The van der Waals surface area contributed by atoms with Crippen LogP contribution in [0.15, 0.2) is 29.3 Å². The quantitative estimate of drug-likeness (QED) is 0.291. The van der Waals surface area contributed by atoms with Gasteiger partial charge in [-0.2, -0.15) is 0 Å². The second-order valence-electron chi connectivity index (χ2n) is 7.79. The van der Waals surface area contributed by atoms with Gasteiger partial charge in [0.15, 0.2) is 5.96 Å². The minimum Gasteiger partial charge on any atom is -0.497 e. The molecular formula is C22H38IN5O3. The molecule has 8 nitrogen and oxygen atoms in total. The zero-order chi connectivity index (χ0) is 21.2. The number of aliphatic imine (C=N–C) groups is 1. The number of nitrogens with zero attached hydrogens (tertiary/aromatic N) is 3. The van der Waals surface area contributed by atoms with Crippen LogP contribution in [-0.2, 0) is 9.47 Å². The Morgan fingerprint density at radius 3 is 2.55 bits per heavy atom. The summed E-state index contributed by atoms with van der Waals surface area (Å²) in [5.74, 6) is 1.71. The van der Waals surface area contributed by atoms with E-state index >= 15 is 0 Å². The summed E-state index contributed by atoms with van der Waals surface area (Å²) < 4.78 is 16.8. The first-order valence-corrected chi connectivity index (χ1v) is 11.0. The van der Waals surface area contributed by atoms with Crippen LogP contribution in [0.25, 0.3) is 0 Å². The average Bonchev–Trinajstić information content (AvgIpc) is 2.78. The van der Waals surface area contributed by atoms with Crippen LogP contribution in [-0.4, -0.2) is 102 Å². The number of nitrogens with one attached hydrogen (secondary N) is 2. The molecule has 1 aromatic carbocycles. The van der Waals surface area contributed by atoms with Crippen LogP contribution in [0.4, 0.5) is 0 Å². The predicted octanol–water partition coefficient (Wildman–Crippen LogP) is 1.57. The van der Waals surface area contributed by atoms with Gasteiger partial charge in [0, 0.05) is 39.3 Å². The largest absolute Gasteiger partial charge is 0.497 e. The number of halogens is 1. The summed E-state index contributed by atoms with van der Waals surface area (Å²) in [5, 5.41) is 6.83. The number of hydrogen-bond acceptors (Lipinski definition) is 6. The molecule has 2 N–H and O–H groups in total. The Morgan fingerprint density at radius 2 is 1.90 bits per heavy atom. The zero-order valence-corrected chi connectivity index (χ0v) is 21.3. The summed E-state index contributed by atoms with van der Waals surface area (Å²) in [6.45, 7) is 10.4. The third-order valence-corrected chi connectivity index (χ3v) is 5.59. The summed E-state index contributed by atoms with van der Waals surface area (Å²) >= 11 is 0. The van der Waals surface area contributed by atoms with Crippen molar-refractivity contribution in [2.45, 2.75) is 19.1 Å². The standard InChI is InChI=1S/C22H37N5O3.HI/c1-4-23-22(24-15-20-17-26(2)9-14-30-20)25-16-21(27-10-12-29-13-11-27)18-5-7-19(28-3)8-6-18;/h5-8,20-21H,4,9-17H2,1-3H3,(H2,23,24,25);1H. The van der Waals surface area contributed by atoms with Gasteiger partial charge in [-0.15, -0.1) is 24.0 Å². The fourth-order valence-electron chi connectivity index (χ4n) is 3.87. The van der Waals surface area contributed by atoms with Crippen molar-refractivity contribution in [1.82, 2.24) is 20.4 Å². The van der Waals surface area contributed by atoms with Gasteiger partial charge in [-0.05, 0) is 31.7 Å². The molecule has 3 rings (SSSR count). The van der Waals surface area contributed by atoms with Crippen molar-refractivity contribution < 1.29 is 14.2 Å². The average molecular weight is 547 g/mol. The number of hydrogen-bond donors (Lipinski definition) is 2. The first kappa shape index (κ1) is 26.1. The number of guanidine groups is 1. The van der Waals surface area contributed by atoms with Crippen LogP contribution in [0.5, 0.6) is 5.75 Å². The van der Waals surface area contributed by atoms with Crippen molar-refractivity contribution >= 4 is 29.9 Å². The Hall–Kier alpha value is -1.14. The summed E-state index contributed by atoms with van der Waals surface area (Å²) in [5.41, 5.74) is 1.24. The Labute approximate surface area is 203 Å². The molecule has 31 heavy (non-hydrogen) atoms. The van der Waals surface area contributed by atoms with Gasteiger partial charge < -0.3 is 29.7 Å². The molecule has 9 heteroatoms. The maximum atomic E-state index is 5.87. The van der Waals surface area contributed by atoms with Crippen LogP contribution >= 0.6 is 24.0 Å². The highest BCUT2D eigenvalue weighted by Crippen LogP contribution is 2.24. The molecule has 0 saturated carbocycles. The molecule has 0 spiro atoms. The van der Waals surface area contributed by atoms with Gasteiger partial charge in [-0.25, -0.2) is 0 Å². The Morgan fingerprint density at radius 1 is 1.16 bits per heavy atom. The molecule has 2 heterocycles. The molecule has 1 aromatic rings. The summed E-state index contributed by atoms with van der Waals surface area (Å²) in [6, 6.07) is 8.52. The predicted molar refractivity (Wildman–Crippen MR) is 135 cm³/mol. The van der Waals surface area contributed by atoms with E-state index in [0.29, 0.717) is 6.54 Å². The highest BCUT2D eigenvalue weighted by molar-refractivity contribution is 14.0. The van der Waals surface area contributed by atoms with E-state index in [1.54, 1.807) is 7.11 Å². The first-order chi connectivity index (χ1) is 14.7. The van der Waals surface area contributed by atoms with Crippen LogP contribution in [0.3, 0.4) is 0 Å². The van der Waals surface area contributed by atoms with Crippen molar-refractivity contribution in [3.8, 4) is 5.75 Å². The molecule has 176 valence electrons. The topological polar surface area (TPSA) is 70.6 Å². The molecule has 2 unspecified atom stereocenters. The molecule has 2 atom stereocenters. The minimum atomic E-state index is 0. The van der Waals surface area contributed by atoms with E-state index in [2.05, 4.69) is 46.5 Å². The van der Waals surface area contributed by atoms with Gasteiger partial charge in [0.2, 0.25) is 0 Å². The first-order valence-electron chi connectivity index (χ1n) is 11.0. The Kier molecular flexibility index (Phi) is 11.9. The number of likely N-dealkylation sites (N-methyl/N-ethyl adjacent to an activating group) is 1. The zero-order valence-electron chi connectivity index (χ0n) is 19.0. The second kappa shape index (κ2) is 14.1. The van der Waals surface area contributed by atoms with E-state index in [0.717, 1.165) is 70.8 Å². The highest BCUT2D eigenvalue weighted by Gasteiger charge is 2.23. The van der Waals surface area contributed by atoms with Gasteiger partial charge in [0.25, 0.3) is 0 Å². The van der Waals surface area contributed by atoms with Gasteiger partial charge in [-0.3, -0.25) is 9.89 Å². The molecule has 2 saturated heterocycles. The maximum Gasteiger partial charge on any atom is 0.191 e. The van der Waals surface area contributed by atoms with E-state index in [-0.39, 0.29) is 36.1 Å². The van der Waals surface area contributed by atoms with E-state index in [1.165, 1.54) is 5.56 Å². The smallest absolute Gasteiger partial charge is 0.191 e. The van der Waals surface area contributed by atoms with Gasteiger partial charge >= 0.3 is 0 Å². The van der Waals surface area contributed by atoms with Crippen molar-refractivity contribution in [2.24, 2.45) is 4.99 Å². The highest BCUT2D eigenvalue weighted by atomic mass is 127. The third kappa shape index (κ3) is 8.38. The monoisotopic (exact) mass is 547 g/mol. The summed E-state index contributed by atoms with van der Waals surface area (Å²) in [6.07, 6.45) is 0.184. The lowest BCUT2D eigenvalue weighted by molar-refractivity contribution is -0.0161. The normalized spacial score (nSPS) is 21.8. The third-order valence-electron chi connectivity index (χ3n) is 5.59. The lowest BCUT2D eigenvalue weighted by Gasteiger charge is -2.34. The SMILES string of the molecule is CCNC(=NCC(c1ccc(OC)cc1)N1CCOCC1)NCC1CN(C)CCO1.I. The van der Waals surface area contributed by atoms with Gasteiger partial charge in [-0.1, -0.05) is 12.1 Å². The van der Waals surface area contributed by atoms with Crippen molar-refractivity contribution in [2.75, 3.05) is 79.8 Å². The summed E-state index contributed by atoms with van der Waals surface area (Å²) in [4.78, 5) is 9.68. The van der Waals surface area contributed by atoms with Crippen LogP contribution in [0, 0.1) is 0 Å². The van der Waals surface area contributed by atoms with Crippen molar-refractivity contribution in [1.29, 1.82) is 0 Å². The van der Waals surface area contributed by atoms with Crippen LogP contribution < -0.4 is 15.4 Å². The fraction of sp³-hybridized carbons (Fsp3) is 0.682. The van der Waals surface area contributed by atoms with E-state index < -0.39 is 0 Å². The van der Waals surface area contributed by atoms with Crippen molar-refractivity contribution in [3.63, 3.8) is 0 Å². The molecule has 0 amide bonds. The number of benzene rings is 1. The summed E-state index contributed by atoms with van der Waals surface area (Å²) in [7, 11) is 3.83. The molecule has 0 radical (unpaired) electrons. The van der Waals surface area contributed by atoms with Gasteiger partial charge in [0.1, 0.15) is 5.75 Å². The van der Waals surface area contributed by atoms with E-state index in [1.807, 2.05) is 12.1 Å². The number of ether oxygens (including phenoxy) is 3. The Bertz CT molecular complexity index is 655. The molecule has 2 aliphatic rings. The maximum absolute atomic E-state index is 5.87. The lowest BCUT2D eigenvalue weighted by Crippen LogP contribution is -2.48. The molecule has 0 aromatic heterocycles. The number of rotatable bonds is 8. The minimum absolute atomic E-state index is 0. The molecule has 2 fully saturated rings. The second-order valence-corrected chi connectivity index (χ2v) is 7.79. The lowest BCUT2D eigenvalue weighted by atomic mass is 10.0. The van der Waals surface area contributed by atoms with Crippen LogP contribution in [0.2, 0.25) is 0 Å². The Balaban J connectivity index is 0.00000341.